The molecule has 2 heterocycles. The van der Waals surface area contributed by atoms with E-state index in [0.29, 0.717) is 12.1 Å². The zero-order chi connectivity index (χ0) is 12.3. The van der Waals surface area contributed by atoms with Gasteiger partial charge < -0.3 is 10.1 Å². The van der Waals surface area contributed by atoms with Crippen molar-refractivity contribution < 1.29 is 4.74 Å². The predicted molar refractivity (Wildman–Crippen MR) is 71.2 cm³/mol. The first kappa shape index (κ1) is 13.3. The Balaban J connectivity index is 1.84. The maximum Gasteiger partial charge on any atom is 0.0506 e. The summed E-state index contributed by atoms with van der Waals surface area (Å²) in [4.78, 5) is 2.67. The fourth-order valence-electron chi connectivity index (χ4n) is 2.93. The van der Waals surface area contributed by atoms with Gasteiger partial charge in [0.2, 0.25) is 0 Å². The minimum Gasteiger partial charge on any atom is -0.381 e. The fraction of sp³-hybridized carbons (Fsp3) is 1.00. The van der Waals surface area contributed by atoms with Gasteiger partial charge in [0.05, 0.1) is 6.61 Å². The summed E-state index contributed by atoms with van der Waals surface area (Å²) in [5.41, 5.74) is 0. The van der Waals surface area contributed by atoms with E-state index >= 15 is 0 Å². The summed E-state index contributed by atoms with van der Waals surface area (Å²) in [6.07, 6.45) is 2.60. The highest BCUT2D eigenvalue weighted by Crippen LogP contribution is 2.19. The summed E-state index contributed by atoms with van der Waals surface area (Å²) < 4.78 is 5.59. The van der Waals surface area contributed by atoms with Gasteiger partial charge >= 0.3 is 0 Å². The molecule has 2 aliphatic heterocycles. The second kappa shape index (κ2) is 6.17. The number of rotatable bonds is 3. The standard InChI is InChI=1S/C14H28N2O/c1-11(2)14-9-16(12(3)7-15-14)8-13-5-4-6-17-10-13/h11-15H,4-10H2,1-3H3. The van der Waals surface area contributed by atoms with Crippen molar-refractivity contribution >= 4 is 0 Å². The van der Waals surface area contributed by atoms with Crippen molar-refractivity contribution in [2.75, 3.05) is 32.8 Å². The highest BCUT2D eigenvalue weighted by molar-refractivity contribution is 4.86. The van der Waals surface area contributed by atoms with Crippen LogP contribution in [0.4, 0.5) is 0 Å². The molecule has 2 fully saturated rings. The zero-order valence-electron chi connectivity index (χ0n) is 11.6. The lowest BCUT2D eigenvalue weighted by atomic mass is 9.96. The zero-order valence-corrected chi connectivity index (χ0v) is 11.6. The van der Waals surface area contributed by atoms with Crippen LogP contribution >= 0.6 is 0 Å². The van der Waals surface area contributed by atoms with E-state index in [2.05, 4.69) is 31.0 Å². The van der Waals surface area contributed by atoms with E-state index in [4.69, 9.17) is 4.74 Å². The Morgan fingerprint density at radius 2 is 2.24 bits per heavy atom. The third kappa shape index (κ3) is 3.67. The van der Waals surface area contributed by atoms with Crippen LogP contribution < -0.4 is 5.32 Å². The minimum atomic E-state index is 0.663. The highest BCUT2D eigenvalue weighted by atomic mass is 16.5. The van der Waals surface area contributed by atoms with Crippen LogP contribution in [0.5, 0.6) is 0 Å². The van der Waals surface area contributed by atoms with Crippen molar-refractivity contribution in [1.82, 2.24) is 10.2 Å². The maximum atomic E-state index is 5.59. The van der Waals surface area contributed by atoms with Gasteiger partial charge in [-0.15, -0.1) is 0 Å². The topological polar surface area (TPSA) is 24.5 Å². The van der Waals surface area contributed by atoms with Crippen LogP contribution in [-0.4, -0.2) is 49.8 Å². The lowest BCUT2D eigenvalue weighted by molar-refractivity contribution is 0.0216. The van der Waals surface area contributed by atoms with Crippen LogP contribution in [0.25, 0.3) is 0 Å². The molecule has 0 saturated carbocycles. The van der Waals surface area contributed by atoms with Gasteiger partial charge in [0.1, 0.15) is 0 Å². The van der Waals surface area contributed by atoms with E-state index < -0.39 is 0 Å². The molecule has 0 aliphatic carbocycles. The van der Waals surface area contributed by atoms with Gasteiger partial charge in [0.25, 0.3) is 0 Å². The van der Waals surface area contributed by atoms with Crippen LogP contribution in [0.1, 0.15) is 33.6 Å². The smallest absolute Gasteiger partial charge is 0.0506 e. The first-order valence-electron chi connectivity index (χ1n) is 7.22. The average Bonchev–Trinajstić information content (AvgIpc) is 2.33. The van der Waals surface area contributed by atoms with Gasteiger partial charge in [-0.25, -0.2) is 0 Å². The fourth-order valence-corrected chi connectivity index (χ4v) is 2.93. The Morgan fingerprint density at radius 1 is 1.41 bits per heavy atom. The van der Waals surface area contributed by atoms with E-state index in [0.717, 1.165) is 31.6 Å². The summed E-state index contributed by atoms with van der Waals surface area (Å²) in [7, 11) is 0. The van der Waals surface area contributed by atoms with Crippen molar-refractivity contribution in [1.29, 1.82) is 0 Å². The molecule has 0 aromatic carbocycles. The van der Waals surface area contributed by atoms with Crippen LogP contribution in [0.3, 0.4) is 0 Å². The molecule has 0 amide bonds. The predicted octanol–water partition coefficient (Wildman–Crippen LogP) is 1.73. The molecule has 2 aliphatic rings. The summed E-state index contributed by atoms with van der Waals surface area (Å²) in [6, 6.07) is 1.34. The Bertz CT molecular complexity index is 226. The third-order valence-electron chi connectivity index (χ3n) is 4.28. The quantitative estimate of drug-likeness (QED) is 0.813. The van der Waals surface area contributed by atoms with Crippen molar-refractivity contribution in [3.05, 3.63) is 0 Å². The highest BCUT2D eigenvalue weighted by Gasteiger charge is 2.28. The minimum absolute atomic E-state index is 0.663. The maximum absolute atomic E-state index is 5.59. The van der Waals surface area contributed by atoms with Crippen molar-refractivity contribution in [3.63, 3.8) is 0 Å². The molecular formula is C14H28N2O. The number of nitrogens with one attached hydrogen (secondary N) is 1. The van der Waals surface area contributed by atoms with Crippen LogP contribution in [0, 0.1) is 11.8 Å². The van der Waals surface area contributed by atoms with E-state index in [9.17, 15) is 0 Å². The van der Waals surface area contributed by atoms with Crippen LogP contribution in [-0.2, 0) is 4.74 Å². The van der Waals surface area contributed by atoms with Gasteiger partial charge in [0, 0.05) is 38.3 Å². The third-order valence-corrected chi connectivity index (χ3v) is 4.28. The van der Waals surface area contributed by atoms with Gasteiger partial charge in [-0.1, -0.05) is 13.8 Å². The second-order valence-electron chi connectivity index (χ2n) is 6.14. The molecule has 3 atom stereocenters. The first-order chi connectivity index (χ1) is 8.16. The Morgan fingerprint density at radius 3 is 2.88 bits per heavy atom. The Kier molecular flexibility index (Phi) is 4.83. The van der Waals surface area contributed by atoms with E-state index in [-0.39, 0.29) is 0 Å². The van der Waals surface area contributed by atoms with Gasteiger partial charge in [0.15, 0.2) is 0 Å². The van der Waals surface area contributed by atoms with E-state index in [1.807, 2.05) is 0 Å². The van der Waals surface area contributed by atoms with Crippen molar-refractivity contribution in [3.8, 4) is 0 Å². The molecule has 3 heteroatoms. The molecule has 1 N–H and O–H groups in total. The number of hydrogen-bond acceptors (Lipinski definition) is 3. The summed E-state index contributed by atoms with van der Waals surface area (Å²) in [5, 5.41) is 3.66. The number of hydrogen-bond donors (Lipinski definition) is 1. The van der Waals surface area contributed by atoms with Gasteiger partial charge in [-0.05, 0) is 31.6 Å². The van der Waals surface area contributed by atoms with Crippen LogP contribution in [0.2, 0.25) is 0 Å². The molecule has 100 valence electrons. The monoisotopic (exact) mass is 240 g/mol. The van der Waals surface area contributed by atoms with Crippen LogP contribution in [0.15, 0.2) is 0 Å². The Hall–Kier alpha value is -0.120. The molecule has 0 aromatic rings. The lowest BCUT2D eigenvalue weighted by Gasteiger charge is -2.42. The molecule has 2 saturated heterocycles. The summed E-state index contributed by atoms with van der Waals surface area (Å²) in [6.45, 7) is 12.5. The molecular weight excluding hydrogens is 212 g/mol. The molecule has 0 bridgehead atoms. The molecule has 3 unspecified atom stereocenters. The molecule has 0 radical (unpaired) electrons. The second-order valence-corrected chi connectivity index (χ2v) is 6.14. The van der Waals surface area contributed by atoms with Crippen molar-refractivity contribution in [2.24, 2.45) is 11.8 Å². The Labute approximate surface area is 106 Å². The average molecular weight is 240 g/mol. The van der Waals surface area contributed by atoms with E-state index in [1.54, 1.807) is 0 Å². The number of piperazine rings is 1. The van der Waals surface area contributed by atoms with Gasteiger partial charge in [-0.3, -0.25) is 4.90 Å². The summed E-state index contributed by atoms with van der Waals surface area (Å²) >= 11 is 0. The first-order valence-corrected chi connectivity index (χ1v) is 7.22. The molecule has 3 nitrogen and oxygen atoms in total. The van der Waals surface area contributed by atoms with E-state index in [1.165, 1.54) is 25.9 Å². The number of nitrogens with zero attached hydrogens (tertiary/aromatic N) is 1. The van der Waals surface area contributed by atoms with Crippen molar-refractivity contribution in [2.45, 2.75) is 45.7 Å². The molecule has 2 rings (SSSR count). The normalized spacial score (nSPS) is 36.4. The summed E-state index contributed by atoms with van der Waals surface area (Å²) in [5.74, 6) is 1.49. The molecule has 17 heavy (non-hydrogen) atoms. The van der Waals surface area contributed by atoms with Gasteiger partial charge in [-0.2, -0.15) is 0 Å². The molecule has 0 aromatic heterocycles. The largest absolute Gasteiger partial charge is 0.381 e. The number of ether oxygens (including phenoxy) is 1. The SMILES string of the molecule is CC(C)C1CN(CC2CCCOC2)C(C)CN1. The lowest BCUT2D eigenvalue weighted by Crippen LogP contribution is -2.58. The molecule has 0 spiro atoms.